The molecule has 84 valence electrons. The molecular formula is C11H16BrNOS. The first-order valence-corrected chi connectivity index (χ1v) is 7.00. The van der Waals surface area contributed by atoms with Gasteiger partial charge in [0.05, 0.1) is 9.89 Å². The van der Waals surface area contributed by atoms with Gasteiger partial charge in [0.2, 0.25) is 0 Å². The minimum atomic E-state index is -0.0565. The predicted octanol–water partition coefficient (Wildman–Crippen LogP) is 2.90. The van der Waals surface area contributed by atoms with Crippen LogP contribution >= 0.6 is 27.3 Å². The van der Waals surface area contributed by atoms with E-state index < -0.39 is 0 Å². The van der Waals surface area contributed by atoms with Gasteiger partial charge in [0.1, 0.15) is 0 Å². The Morgan fingerprint density at radius 1 is 1.33 bits per heavy atom. The van der Waals surface area contributed by atoms with Crippen molar-refractivity contribution >= 4 is 27.3 Å². The van der Waals surface area contributed by atoms with Gasteiger partial charge in [-0.25, -0.2) is 0 Å². The SMILES string of the molecule is OC1CCC(NCc2ccc(Br)s2)CC1. The Labute approximate surface area is 103 Å². The molecule has 1 aromatic rings. The molecule has 0 bridgehead atoms. The number of hydrogen-bond acceptors (Lipinski definition) is 3. The summed E-state index contributed by atoms with van der Waals surface area (Å²) in [5.41, 5.74) is 0. The van der Waals surface area contributed by atoms with Crippen molar-refractivity contribution < 1.29 is 5.11 Å². The standard InChI is InChI=1S/C11H16BrNOS/c12-11-6-5-10(15-11)7-13-8-1-3-9(14)4-2-8/h5-6,8-9,13-14H,1-4,7H2. The molecule has 0 aromatic carbocycles. The van der Waals surface area contributed by atoms with Crippen LogP contribution < -0.4 is 5.32 Å². The Morgan fingerprint density at radius 2 is 2.07 bits per heavy atom. The van der Waals surface area contributed by atoms with Gasteiger partial charge in [-0.2, -0.15) is 0 Å². The number of aliphatic hydroxyl groups is 1. The van der Waals surface area contributed by atoms with Crippen LogP contribution in [0.5, 0.6) is 0 Å². The molecule has 0 unspecified atom stereocenters. The van der Waals surface area contributed by atoms with Crippen molar-refractivity contribution in [2.24, 2.45) is 0 Å². The summed E-state index contributed by atoms with van der Waals surface area (Å²) in [5.74, 6) is 0. The van der Waals surface area contributed by atoms with Crippen molar-refractivity contribution in [3.05, 3.63) is 20.8 Å². The first-order chi connectivity index (χ1) is 7.24. The number of thiophene rings is 1. The van der Waals surface area contributed by atoms with Crippen molar-refractivity contribution in [2.75, 3.05) is 0 Å². The maximum absolute atomic E-state index is 9.38. The van der Waals surface area contributed by atoms with Crippen molar-refractivity contribution in [1.82, 2.24) is 5.32 Å². The molecule has 2 nitrogen and oxygen atoms in total. The van der Waals surface area contributed by atoms with Gasteiger partial charge in [-0.15, -0.1) is 11.3 Å². The molecule has 1 fully saturated rings. The van der Waals surface area contributed by atoms with Crippen LogP contribution in [0.1, 0.15) is 30.6 Å². The first kappa shape index (κ1) is 11.6. The first-order valence-electron chi connectivity index (χ1n) is 5.39. The second kappa shape index (κ2) is 5.43. The molecular weight excluding hydrogens is 274 g/mol. The highest BCUT2D eigenvalue weighted by molar-refractivity contribution is 9.11. The van der Waals surface area contributed by atoms with Crippen LogP contribution in [0.25, 0.3) is 0 Å². The van der Waals surface area contributed by atoms with E-state index in [1.54, 1.807) is 11.3 Å². The number of nitrogens with one attached hydrogen (secondary N) is 1. The van der Waals surface area contributed by atoms with E-state index in [9.17, 15) is 5.11 Å². The normalized spacial score (nSPS) is 26.8. The molecule has 4 heteroatoms. The molecule has 15 heavy (non-hydrogen) atoms. The molecule has 1 saturated carbocycles. The van der Waals surface area contributed by atoms with E-state index in [4.69, 9.17) is 0 Å². The fourth-order valence-electron chi connectivity index (χ4n) is 1.97. The average Bonchev–Trinajstić information content (AvgIpc) is 2.64. The maximum atomic E-state index is 9.38. The third kappa shape index (κ3) is 3.55. The summed E-state index contributed by atoms with van der Waals surface area (Å²) in [6.45, 7) is 0.955. The van der Waals surface area contributed by atoms with Gasteiger partial charge in [-0.05, 0) is 53.7 Å². The van der Waals surface area contributed by atoms with Gasteiger partial charge in [0.25, 0.3) is 0 Å². The lowest BCUT2D eigenvalue weighted by atomic mass is 9.93. The summed E-state index contributed by atoms with van der Waals surface area (Å²) in [7, 11) is 0. The average molecular weight is 290 g/mol. The Kier molecular flexibility index (Phi) is 4.20. The van der Waals surface area contributed by atoms with Crippen LogP contribution in [0.4, 0.5) is 0 Å². The fourth-order valence-corrected chi connectivity index (χ4v) is 3.41. The van der Waals surface area contributed by atoms with E-state index in [-0.39, 0.29) is 6.10 Å². The molecule has 1 aliphatic rings. The Bertz CT molecular complexity index is 307. The van der Waals surface area contributed by atoms with Gasteiger partial charge < -0.3 is 10.4 Å². The second-order valence-corrected chi connectivity index (χ2v) is 6.64. The Hall–Kier alpha value is 0.1000. The van der Waals surface area contributed by atoms with Gasteiger partial charge in [0, 0.05) is 17.5 Å². The van der Waals surface area contributed by atoms with Crippen LogP contribution in [0, 0.1) is 0 Å². The summed E-state index contributed by atoms with van der Waals surface area (Å²) in [4.78, 5) is 1.37. The molecule has 1 aromatic heterocycles. The minimum absolute atomic E-state index is 0.0565. The number of aliphatic hydroxyl groups excluding tert-OH is 1. The topological polar surface area (TPSA) is 32.3 Å². The highest BCUT2D eigenvalue weighted by Gasteiger charge is 2.18. The van der Waals surface area contributed by atoms with Gasteiger partial charge in [0.15, 0.2) is 0 Å². The minimum Gasteiger partial charge on any atom is -0.393 e. The quantitative estimate of drug-likeness (QED) is 0.897. The third-order valence-corrected chi connectivity index (χ3v) is 4.51. The van der Waals surface area contributed by atoms with Crippen LogP contribution in [0.3, 0.4) is 0 Å². The van der Waals surface area contributed by atoms with Crippen LogP contribution in [0.15, 0.2) is 15.9 Å². The molecule has 0 saturated heterocycles. The number of rotatable bonds is 3. The summed E-state index contributed by atoms with van der Waals surface area (Å²) in [6, 6.07) is 4.83. The summed E-state index contributed by atoms with van der Waals surface area (Å²) in [6.07, 6.45) is 4.05. The van der Waals surface area contributed by atoms with Crippen LogP contribution in [-0.4, -0.2) is 17.3 Å². The fraction of sp³-hybridized carbons (Fsp3) is 0.636. The van der Waals surface area contributed by atoms with Crippen molar-refractivity contribution in [3.63, 3.8) is 0 Å². The van der Waals surface area contributed by atoms with E-state index in [0.717, 1.165) is 32.2 Å². The molecule has 0 aliphatic heterocycles. The highest BCUT2D eigenvalue weighted by atomic mass is 79.9. The zero-order valence-electron chi connectivity index (χ0n) is 8.58. The van der Waals surface area contributed by atoms with Gasteiger partial charge in [-0.3, -0.25) is 0 Å². The van der Waals surface area contributed by atoms with E-state index in [0.29, 0.717) is 6.04 Å². The Morgan fingerprint density at radius 3 is 2.67 bits per heavy atom. The predicted molar refractivity (Wildman–Crippen MR) is 67.1 cm³/mol. The molecule has 0 atom stereocenters. The van der Waals surface area contributed by atoms with E-state index in [2.05, 4.69) is 33.4 Å². The summed E-state index contributed by atoms with van der Waals surface area (Å²) >= 11 is 5.25. The molecule has 1 aliphatic carbocycles. The third-order valence-electron chi connectivity index (χ3n) is 2.89. The van der Waals surface area contributed by atoms with E-state index >= 15 is 0 Å². The van der Waals surface area contributed by atoms with Gasteiger partial charge >= 0.3 is 0 Å². The highest BCUT2D eigenvalue weighted by Crippen LogP contribution is 2.23. The monoisotopic (exact) mass is 289 g/mol. The molecule has 2 rings (SSSR count). The van der Waals surface area contributed by atoms with Crippen molar-refractivity contribution in [1.29, 1.82) is 0 Å². The van der Waals surface area contributed by atoms with Crippen LogP contribution in [0.2, 0.25) is 0 Å². The Balaban J connectivity index is 1.74. The van der Waals surface area contributed by atoms with Crippen molar-refractivity contribution in [3.8, 4) is 0 Å². The molecule has 0 radical (unpaired) electrons. The lowest BCUT2D eigenvalue weighted by Crippen LogP contribution is -2.33. The largest absolute Gasteiger partial charge is 0.393 e. The summed E-state index contributed by atoms with van der Waals surface area (Å²) in [5, 5.41) is 12.9. The molecule has 1 heterocycles. The zero-order chi connectivity index (χ0) is 10.7. The number of halogens is 1. The summed E-state index contributed by atoms with van der Waals surface area (Å²) < 4.78 is 1.19. The van der Waals surface area contributed by atoms with E-state index in [1.807, 2.05) is 0 Å². The van der Waals surface area contributed by atoms with Crippen molar-refractivity contribution in [2.45, 2.75) is 44.4 Å². The van der Waals surface area contributed by atoms with Crippen LogP contribution in [-0.2, 0) is 6.54 Å². The van der Waals surface area contributed by atoms with E-state index in [1.165, 1.54) is 8.66 Å². The zero-order valence-corrected chi connectivity index (χ0v) is 11.0. The number of hydrogen-bond donors (Lipinski definition) is 2. The lowest BCUT2D eigenvalue weighted by molar-refractivity contribution is 0.116. The molecule has 0 amide bonds. The maximum Gasteiger partial charge on any atom is 0.0701 e. The molecule has 2 N–H and O–H groups in total. The molecule has 0 spiro atoms. The second-order valence-electron chi connectivity index (χ2n) is 4.09. The lowest BCUT2D eigenvalue weighted by Gasteiger charge is -2.26. The smallest absolute Gasteiger partial charge is 0.0701 e. The van der Waals surface area contributed by atoms with Gasteiger partial charge in [-0.1, -0.05) is 0 Å².